The van der Waals surface area contributed by atoms with E-state index in [9.17, 15) is 4.79 Å². The molecule has 0 rings (SSSR count). The molecule has 0 radical (unpaired) electrons. The number of rotatable bonds is 17. The van der Waals surface area contributed by atoms with Crippen LogP contribution >= 0.6 is 21.6 Å². The van der Waals surface area contributed by atoms with Crippen LogP contribution < -0.4 is 5.73 Å². The fourth-order valence-electron chi connectivity index (χ4n) is 2.30. The predicted molar refractivity (Wildman–Crippen MR) is 105 cm³/mol. The van der Waals surface area contributed by atoms with E-state index in [1.54, 1.807) is 17.7 Å². The number of ketones is 1. The topological polar surface area (TPSA) is 43.1 Å². The summed E-state index contributed by atoms with van der Waals surface area (Å²) >= 11 is 0. The summed E-state index contributed by atoms with van der Waals surface area (Å²) in [6.45, 7) is 3.85. The van der Waals surface area contributed by atoms with E-state index in [-0.39, 0.29) is 11.8 Å². The molecule has 0 aliphatic heterocycles. The minimum absolute atomic E-state index is 0.0958. The molecule has 0 saturated carbocycles. The molecule has 0 spiro atoms. The highest BCUT2D eigenvalue weighted by atomic mass is 33.1. The number of nitrogens with two attached hydrogens (primary N) is 1. The Morgan fingerprint density at radius 2 is 1.27 bits per heavy atom. The summed E-state index contributed by atoms with van der Waals surface area (Å²) in [5.41, 5.74) is 5.69. The van der Waals surface area contributed by atoms with Crippen molar-refractivity contribution in [3.05, 3.63) is 0 Å². The van der Waals surface area contributed by atoms with Gasteiger partial charge in [0.15, 0.2) is 0 Å². The molecule has 0 unspecified atom stereocenters. The van der Waals surface area contributed by atoms with Crippen LogP contribution in [-0.4, -0.2) is 23.3 Å². The second kappa shape index (κ2) is 17.7. The number of carbonyl (C=O) groups excluding carboxylic acids is 1. The molecule has 0 aromatic rings. The molecular formula is C18H37NOS2. The summed E-state index contributed by atoms with van der Waals surface area (Å²) in [5.74, 6) is 2.03. The van der Waals surface area contributed by atoms with Gasteiger partial charge in [-0.3, -0.25) is 4.79 Å². The quantitative estimate of drug-likeness (QED) is 0.259. The van der Waals surface area contributed by atoms with Gasteiger partial charge in [-0.05, 0) is 13.3 Å². The van der Waals surface area contributed by atoms with Gasteiger partial charge in [0.25, 0.3) is 0 Å². The lowest BCUT2D eigenvalue weighted by Crippen LogP contribution is -2.30. The minimum atomic E-state index is -0.278. The summed E-state index contributed by atoms with van der Waals surface area (Å²) in [6, 6.07) is -0.278. The Morgan fingerprint density at radius 1 is 0.818 bits per heavy atom. The van der Waals surface area contributed by atoms with Crippen LogP contribution in [0.15, 0.2) is 0 Å². The van der Waals surface area contributed by atoms with Gasteiger partial charge in [-0.1, -0.05) is 99.1 Å². The lowest BCUT2D eigenvalue weighted by atomic mass is 10.1. The summed E-state index contributed by atoms with van der Waals surface area (Å²) in [6.07, 6.45) is 16.8. The molecule has 1 atom stereocenters. The first-order valence-electron chi connectivity index (χ1n) is 9.19. The van der Waals surface area contributed by atoms with Crippen molar-refractivity contribution in [2.75, 3.05) is 11.5 Å². The standard InChI is InChI=1S/C18H37NOS2/c1-3-4-5-6-7-8-9-10-11-12-13-14-15-21-22-16-18(19)17(2)20/h18H,3-16,19H2,1-2H3/t18-/m0/s1. The first-order chi connectivity index (χ1) is 10.7. The smallest absolute Gasteiger partial charge is 0.147 e. The van der Waals surface area contributed by atoms with Gasteiger partial charge in [0.1, 0.15) is 5.78 Å². The highest BCUT2D eigenvalue weighted by Gasteiger charge is 2.07. The largest absolute Gasteiger partial charge is 0.321 e. The van der Waals surface area contributed by atoms with Crippen LogP contribution in [0, 0.1) is 0 Å². The summed E-state index contributed by atoms with van der Waals surface area (Å²) in [4.78, 5) is 11.0. The van der Waals surface area contributed by atoms with E-state index < -0.39 is 0 Å². The minimum Gasteiger partial charge on any atom is -0.321 e. The van der Waals surface area contributed by atoms with Gasteiger partial charge in [-0.2, -0.15) is 0 Å². The van der Waals surface area contributed by atoms with Crippen molar-refractivity contribution >= 4 is 27.4 Å². The molecular weight excluding hydrogens is 310 g/mol. The third kappa shape index (κ3) is 16.7. The van der Waals surface area contributed by atoms with Crippen LogP contribution in [0.2, 0.25) is 0 Å². The molecule has 0 heterocycles. The van der Waals surface area contributed by atoms with Gasteiger partial charge < -0.3 is 5.73 Å². The van der Waals surface area contributed by atoms with Crippen LogP contribution in [0.4, 0.5) is 0 Å². The second-order valence-electron chi connectivity index (χ2n) is 6.21. The van der Waals surface area contributed by atoms with Crippen LogP contribution in [0.25, 0.3) is 0 Å². The lowest BCUT2D eigenvalue weighted by molar-refractivity contribution is -0.117. The van der Waals surface area contributed by atoms with Crippen molar-refractivity contribution in [3.8, 4) is 0 Å². The molecule has 0 amide bonds. The third-order valence-corrected chi connectivity index (χ3v) is 6.46. The summed E-state index contributed by atoms with van der Waals surface area (Å²) in [5, 5.41) is 0. The second-order valence-corrected chi connectivity index (χ2v) is 8.84. The molecule has 0 saturated heterocycles. The summed E-state index contributed by atoms with van der Waals surface area (Å²) < 4.78 is 0. The van der Waals surface area contributed by atoms with E-state index >= 15 is 0 Å². The fourth-order valence-corrected chi connectivity index (χ4v) is 4.65. The number of carbonyl (C=O) groups is 1. The Labute approximate surface area is 146 Å². The van der Waals surface area contributed by atoms with Crippen molar-refractivity contribution < 1.29 is 4.79 Å². The SMILES string of the molecule is CCCCCCCCCCCCCCSSC[C@H](N)C(C)=O. The third-order valence-electron chi connectivity index (χ3n) is 3.93. The van der Waals surface area contributed by atoms with E-state index in [1.807, 2.05) is 10.8 Å². The highest BCUT2D eigenvalue weighted by molar-refractivity contribution is 8.76. The number of hydrogen-bond donors (Lipinski definition) is 1. The normalized spacial score (nSPS) is 12.5. The molecule has 0 aliphatic carbocycles. The van der Waals surface area contributed by atoms with Crippen molar-refractivity contribution in [1.82, 2.24) is 0 Å². The molecule has 0 bridgehead atoms. The Morgan fingerprint density at radius 3 is 1.73 bits per heavy atom. The average Bonchev–Trinajstić information content (AvgIpc) is 2.50. The molecule has 2 nitrogen and oxygen atoms in total. The van der Waals surface area contributed by atoms with E-state index in [0.717, 1.165) is 5.75 Å². The molecule has 0 aromatic carbocycles. The molecule has 132 valence electrons. The Hall–Kier alpha value is 0.330. The van der Waals surface area contributed by atoms with Crippen molar-refractivity contribution in [2.24, 2.45) is 5.73 Å². The number of Topliss-reactive ketones (excluding diaryl/α,β-unsaturated/α-hetero) is 1. The van der Waals surface area contributed by atoms with Gasteiger partial charge in [0.05, 0.1) is 6.04 Å². The van der Waals surface area contributed by atoms with Gasteiger partial charge in [-0.15, -0.1) is 0 Å². The van der Waals surface area contributed by atoms with E-state index in [2.05, 4.69) is 6.92 Å². The number of unbranched alkanes of at least 4 members (excludes halogenated alkanes) is 11. The van der Waals surface area contributed by atoms with Crippen molar-refractivity contribution in [2.45, 2.75) is 96.9 Å². The maximum Gasteiger partial charge on any atom is 0.147 e. The molecule has 0 fully saturated rings. The maximum atomic E-state index is 11.0. The maximum absolute atomic E-state index is 11.0. The lowest BCUT2D eigenvalue weighted by Gasteiger charge is -2.06. The predicted octanol–water partition coefficient (Wildman–Crippen LogP) is 5.99. The average molecular weight is 348 g/mol. The first kappa shape index (κ1) is 22.3. The summed E-state index contributed by atoms with van der Waals surface area (Å²) in [7, 11) is 3.61. The molecule has 2 N–H and O–H groups in total. The van der Waals surface area contributed by atoms with Gasteiger partial charge in [-0.25, -0.2) is 0 Å². The highest BCUT2D eigenvalue weighted by Crippen LogP contribution is 2.23. The first-order valence-corrected chi connectivity index (χ1v) is 11.7. The van der Waals surface area contributed by atoms with Crippen LogP contribution in [0.5, 0.6) is 0 Å². The van der Waals surface area contributed by atoms with Crippen LogP contribution in [0.3, 0.4) is 0 Å². The zero-order valence-corrected chi connectivity index (χ0v) is 16.4. The number of hydrogen-bond acceptors (Lipinski definition) is 4. The van der Waals surface area contributed by atoms with Crippen molar-refractivity contribution in [1.29, 1.82) is 0 Å². The molecule has 22 heavy (non-hydrogen) atoms. The van der Waals surface area contributed by atoms with E-state index in [4.69, 9.17) is 5.73 Å². The van der Waals surface area contributed by atoms with Crippen LogP contribution in [0.1, 0.15) is 90.9 Å². The monoisotopic (exact) mass is 347 g/mol. The van der Waals surface area contributed by atoms with Crippen LogP contribution in [-0.2, 0) is 4.79 Å². The van der Waals surface area contributed by atoms with Crippen molar-refractivity contribution in [3.63, 3.8) is 0 Å². The van der Waals surface area contributed by atoms with E-state index in [0.29, 0.717) is 0 Å². The van der Waals surface area contributed by atoms with E-state index in [1.165, 1.54) is 82.8 Å². The Kier molecular flexibility index (Phi) is 17.9. The van der Waals surface area contributed by atoms with Gasteiger partial charge >= 0.3 is 0 Å². The molecule has 0 aliphatic rings. The zero-order valence-electron chi connectivity index (χ0n) is 14.8. The Balaban J connectivity index is 3.04. The Bertz CT molecular complexity index is 249. The van der Waals surface area contributed by atoms with Gasteiger partial charge in [0, 0.05) is 11.5 Å². The van der Waals surface area contributed by atoms with Gasteiger partial charge in [0.2, 0.25) is 0 Å². The molecule has 4 heteroatoms. The molecule has 0 aromatic heterocycles. The fraction of sp³-hybridized carbons (Fsp3) is 0.944. The zero-order chi connectivity index (χ0) is 16.5.